The Balaban J connectivity index is 3.08. The smallest absolute Gasteiger partial charge is 0.0408 e. The molecule has 0 aromatic carbocycles. The van der Waals surface area contributed by atoms with Crippen molar-refractivity contribution in [1.82, 2.24) is 4.98 Å². The Bertz CT molecular complexity index is 172. The molecule has 0 saturated carbocycles. The molecular weight excluding hydrogens is 186 g/mol. The molecule has 0 radical (unpaired) electrons. The highest BCUT2D eigenvalue weighted by molar-refractivity contribution is 9.10. The SMILES string of the molecule is [S-]c1cncc(Br)c1. The Hall–Kier alpha value is -0.150. The fourth-order valence-electron chi connectivity index (χ4n) is 0.392. The summed E-state index contributed by atoms with van der Waals surface area (Å²) in [5, 5.41) is 0. The second kappa shape index (κ2) is 2.42. The molecule has 0 spiro atoms. The van der Waals surface area contributed by atoms with Crippen molar-refractivity contribution < 1.29 is 0 Å². The first kappa shape index (κ1) is 5.98. The summed E-state index contributed by atoms with van der Waals surface area (Å²) in [6.07, 6.45) is 3.34. The first-order valence-electron chi connectivity index (χ1n) is 2.06. The maximum atomic E-state index is 4.81. The molecule has 8 heavy (non-hydrogen) atoms. The van der Waals surface area contributed by atoms with Crippen LogP contribution in [0.5, 0.6) is 0 Å². The Kier molecular flexibility index (Phi) is 1.81. The summed E-state index contributed by atoms with van der Waals surface area (Å²) in [6.45, 7) is 0. The van der Waals surface area contributed by atoms with Gasteiger partial charge >= 0.3 is 0 Å². The van der Waals surface area contributed by atoms with E-state index in [-0.39, 0.29) is 0 Å². The van der Waals surface area contributed by atoms with Crippen molar-refractivity contribution >= 4 is 28.6 Å². The van der Waals surface area contributed by atoms with Crippen molar-refractivity contribution in [2.75, 3.05) is 0 Å². The summed E-state index contributed by atoms with van der Waals surface area (Å²) in [5.74, 6) is 0. The topological polar surface area (TPSA) is 12.9 Å². The lowest BCUT2D eigenvalue weighted by Crippen LogP contribution is -1.72. The lowest BCUT2D eigenvalue weighted by molar-refractivity contribution is 1.22. The molecule has 0 atom stereocenters. The summed E-state index contributed by atoms with van der Waals surface area (Å²) in [6, 6.07) is 1.84. The first-order valence-corrected chi connectivity index (χ1v) is 3.27. The van der Waals surface area contributed by atoms with Crippen LogP contribution in [0.2, 0.25) is 0 Å². The van der Waals surface area contributed by atoms with E-state index in [1.54, 1.807) is 12.4 Å². The van der Waals surface area contributed by atoms with Gasteiger partial charge in [0, 0.05) is 16.9 Å². The number of pyridine rings is 1. The lowest BCUT2D eigenvalue weighted by Gasteiger charge is -2.00. The molecule has 1 rings (SSSR count). The molecule has 0 fully saturated rings. The highest BCUT2D eigenvalue weighted by Crippen LogP contribution is 2.07. The number of aromatic nitrogens is 1. The summed E-state index contributed by atoms with van der Waals surface area (Å²) in [7, 11) is 0. The number of hydrogen-bond acceptors (Lipinski definition) is 2. The average molecular weight is 189 g/mol. The summed E-state index contributed by atoms with van der Waals surface area (Å²) < 4.78 is 0.935. The predicted octanol–water partition coefficient (Wildman–Crippen LogP) is 1.75. The molecule has 1 nitrogen and oxygen atoms in total. The normalized spacial score (nSPS) is 9.12. The van der Waals surface area contributed by atoms with Crippen LogP contribution in [-0.2, 0) is 12.6 Å². The number of nitrogens with zero attached hydrogens (tertiary/aromatic N) is 1. The van der Waals surface area contributed by atoms with Crippen LogP contribution < -0.4 is 0 Å². The molecule has 0 N–H and O–H groups in total. The molecule has 0 aliphatic rings. The molecule has 0 aliphatic carbocycles. The first-order chi connectivity index (χ1) is 3.79. The quantitative estimate of drug-likeness (QED) is 0.576. The van der Waals surface area contributed by atoms with E-state index in [0.29, 0.717) is 0 Å². The van der Waals surface area contributed by atoms with Gasteiger partial charge < -0.3 is 12.6 Å². The van der Waals surface area contributed by atoms with Crippen LogP contribution in [0.25, 0.3) is 0 Å². The molecule has 3 heteroatoms. The Morgan fingerprint density at radius 2 is 2.25 bits per heavy atom. The minimum Gasteiger partial charge on any atom is -0.778 e. The monoisotopic (exact) mass is 188 g/mol. The Labute approximate surface area is 61.7 Å². The summed E-state index contributed by atoms with van der Waals surface area (Å²) in [5.41, 5.74) is 0. The highest BCUT2D eigenvalue weighted by atomic mass is 79.9. The van der Waals surface area contributed by atoms with Crippen molar-refractivity contribution in [3.63, 3.8) is 0 Å². The maximum Gasteiger partial charge on any atom is 0.0408 e. The van der Waals surface area contributed by atoms with Crippen molar-refractivity contribution in [3.8, 4) is 0 Å². The summed E-state index contributed by atoms with van der Waals surface area (Å²) >= 11 is 8.04. The zero-order valence-corrected chi connectivity index (χ0v) is 6.37. The van der Waals surface area contributed by atoms with Gasteiger partial charge in [0.25, 0.3) is 0 Å². The van der Waals surface area contributed by atoms with Gasteiger partial charge in [-0.2, -0.15) is 4.90 Å². The van der Waals surface area contributed by atoms with E-state index in [9.17, 15) is 0 Å². The molecule has 0 aliphatic heterocycles. The molecule has 1 heterocycles. The Morgan fingerprint density at radius 1 is 1.50 bits per heavy atom. The minimum absolute atomic E-state index is 0.763. The third-order valence-corrected chi connectivity index (χ3v) is 1.34. The van der Waals surface area contributed by atoms with Gasteiger partial charge in [0.05, 0.1) is 0 Å². The third-order valence-electron chi connectivity index (χ3n) is 0.680. The average Bonchev–Trinajstić information content (AvgIpc) is 1.64. The van der Waals surface area contributed by atoms with Crippen LogP contribution in [0.1, 0.15) is 0 Å². The van der Waals surface area contributed by atoms with Crippen LogP contribution in [0.3, 0.4) is 0 Å². The van der Waals surface area contributed by atoms with Crippen LogP contribution in [0.15, 0.2) is 27.8 Å². The van der Waals surface area contributed by atoms with E-state index in [2.05, 4.69) is 20.9 Å². The molecule has 1 aromatic heterocycles. The summed E-state index contributed by atoms with van der Waals surface area (Å²) in [4.78, 5) is 4.60. The van der Waals surface area contributed by atoms with Crippen LogP contribution >= 0.6 is 15.9 Å². The number of rotatable bonds is 0. The van der Waals surface area contributed by atoms with E-state index < -0.39 is 0 Å². The molecule has 0 amide bonds. The standard InChI is InChI=1S/C5H4BrNS/c6-4-1-5(8)3-7-2-4/h1-3,8H/p-1. The number of halogens is 1. The second-order valence-electron chi connectivity index (χ2n) is 1.34. The predicted molar refractivity (Wildman–Crippen MR) is 37.6 cm³/mol. The fraction of sp³-hybridized carbons (Fsp3) is 0. The van der Waals surface area contributed by atoms with Gasteiger partial charge in [-0.05, 0) is 15.9 Å². The third kappa shape index (κ3) is 1.42. The molecule has 42 valence electrons. The molecule has 0 bridgehead atoms. The fourth-order valence-corrected chi connectivity index (χ4v) is 1.10. The Morgan fingerprint density at radius 3 is 2.62 bits per heavy atom. The lowest BCUT2D eigenvalue weighted by atomic mass is 10.5. The van der Waals surface area contributed by atoms with E-state index in [1.165, 1.54) is 0 Å². The van der Waals surface area contributed by atoms with E-state index in [1.807, 2.05) is 6.07 Å². The molecule has 0 saturated heterocycles. The van der Waals surface area contributed by atoms with Gasteiger partial charge in [-0.25, -0.2) is 0 Å². The van der Waals surface area contributed by atoms with Crippen molar-refractivity contribution in [2.45, 2.75) is 4.90 Å². The molecule has 1 aromatic rings. The van der Waals surface area contributed by atoms with Gasteiger partial charge in [-0.3, -0.25) is 4.98 Å². The van der Waals surface area contributed by atoms with Gasteiger partial charge in [0.1, 0.15) is 0 Å². The van der Waals surface area contributed by atoms with E-state index in [4.69, 9.17) is 12.6 Å². The van der Waals surface area contributed by atoms with Gasteiger partial charge in [0.2, 0.25) is 0 Å². The van der Waals surface area contributed by atoms with Crippen LogP contribution in [0.4, 0.5) is 0 Å². The van der Waals surface area contributed by atoms with Gasteiger partial charge in [-0.15, -0.1) is 0 Å². The van der Waals surface area contributed by atoms with Crippen molar-refractivity contribution in [1.29, 1.82) is 0 Å². The molecular formula is C5H3BrNS-. The minimum atomic E-state index is 0.763. The molecule has 0 unspecified atom stereocenters. The van der Waals surface area contributed by atoms with Crippen molar-refractivity contribution in [3.05, 3.63) is 22.9 Å². The largest absolute Gasteiger partial charge is 0.778 e. The van der Waals surface area contributed by atoms with Crippen LogP contribution in [-0.4, -0.2) is 4.98 Å². The van der Waals surface area contributed by atoms with Crippen molar-refractivity contribution in [2.24, 2.45) is 0 Å². The van der Waals surface area contributed by atoms with E-state index in [0.717, 1.165) is 9.37 Å². The van der Waals surface area contributed by atoms with Gasteiger partial charge in [-0.1, -0.05) is 6.07 Å². The highest BCUT2D eigenvalue weighted by Gasteiger charge is 1.78. The van der Waals surface area contributed by atoms with Crippen LogP contribution in [0, 0.1) is 0 Å². The number of hydrogen-bond donors (Lipinski definition) is 0. The zero-order chi connectivity index (χ0) is 5.98. The van der Waals surface area contributed by atoms with Gasteiger partial charge in [0.15, 0.2) is 0 Å². The maximum absolute atomic E-state index is 4.81. The second-order valence-corrected chi connectivity index (χ2v) is 2.73. The zero-order valence-electron chi connectivity index (χ0n) is 3.97. The van der Waals surface area contributed by atoms with E-state index >= 15 is 0 Å².